The molecule has 2 amide bonds. The van der Waals surface area contributed by atoms with Gasteiger partial charge in [0, 0.05) is 5.56 Å². The number of ether oxygens (including phenoxy) is 2. The molecule has 0 aliphatic carbocycles. The molecule has 148 valence electrons. The number of carbonyl (C=O) groups excluding carboxylic acids is 2. The smallest absolute Gasteiger partial charge is 0.251 e. The number of methoxy groups -OCH3 is 1. The molecule has 0 aliphatic heterocycles. The quantitative estimate of drug-likeness (QED) is 0.635. The maximum Gasteiger partial charge on any atom is 0.251 e. The maximum atomic E-state index is 12.3. The third-order valence-electron chi connectivity index (χ3n) is 4.14. The van der Waals surface area contributed by atoms with Gasteiger partial charge in [0.1, 0.15) is 11.5 Å². The van der Waals surface area contributed by atoms with Crippen LogP contribution in [0.3, 0.4) is 0 Å². The van der Waals surface area contributed by atoms with E-state index in [0.29, 0.717) is 28.5 Å². The number of benzene rings is 3. The number of carbonyl (C=O) groups is 2. The summed E-state index contributed by atoms with van der Waals surface area (Å²) in [6.45, 7) is 1.82. The zero-order valence-corrected chi connectivity index (χ0v) is 16.3. The number of anilines is 1. The van der Waals surface area contributed by atoms with Crippen LogP contribution < -0.4 is 20.1 Å². The van der Waals surface area contributed by atoms with E-state index in [1.807, 2.05) is 37.3 Å². The van der Waals surface area contributed by atoms with Crippen LogP contribution in [0.25, 0.3) is 0 Å². The van der Waals surface area contributed by atoms with E-state index in [4.69, 9.17) is 9.47 Å². The second-order valence-electron chi connectivity index (χ2n) is 6.37. The van der Waals surface area contributed by atoms with E-state index in [1.54, 1.807) is 49.6 Å². The summed E-state index contributed by atoms with van der Waals surface area (Å²) in [4.78, 5) is 24.5. The van der Waals surface area contributed by atoms with Gasteiger partial charge >= 0.3 is 0 Å². The van der Waals surface area contributed by atoms with Gasteiger partial charge in [-0.2, -0.15) is 0 Å². The molecule has 0 fully saturated rings. The van der Waals surface area contributed by atoms with E-state index in [9.17, 15) is 9.59 Å². The minimum atomic E-state index is -0.354. The Bertz CT molecular complexity index is 1000. The van der Waals surface area contributed by atoms with Crippen molar-refractivity contribution >= 4 is 17.5 Å². The molecule has 29 heavy (non-hydrogen) atoms. The summed E-state index contributed by atoms with van der Waals surface area (Å²) >= 11 is 0. The minimum absolute atomic E-state index is 0.163. The molecule has 3 rings (SSSR count). The van der Waals surface area contributed by atoms with Crippen LogP contribution in [-0.4, -0.2) is 25.5 Å². The Kier molecular flexibility index (Phi) is 6.47. The van der Waals surface area contributed by atoms with Gasteiger partial charge in [0.25, 0.3) is 5.91 Å². The van der Waals surface area contributed by atoms with Crippen molar-refractivity contribution in [2.24, 2.45) is 0 Å². The average molecular weight is 390 g/mol. The lowest BCUT2D eigenvalue weighted by atomic mass is 10.2. The molecular weight excluding hydrogens is 368 g/mol. The Morgan fingerprint density at radius 1 is 0.897 bits per heavy atom. The van der Waals surface area contributed by atoms with Crippen molar-refractivity contribution in [1.29, 1.82) is 0 Å². The Morgan fingerprint density at radius 2 is 1.66 bits per heavy atom. The van der Waals surface area contributed by atoms with Crippen LogP contribution in [0.2, 0.25) is 0 Å². The molecule has 6 nitrogen and oxygen atoms in total. The lowest BCUT2D eigenvalue weighted by Crippen LogP contribution is -2.32. The van der Waals surface area contributed by atoms with E-state index in [0.717, 1.165) is 5.56 Å². The molecular formula is C23H22N2O4. The van der Waals surface area contributed by atoms with Crippen molar-refractivity contribution in [3.05, 3.63) is 83.9 Å². The van der Waals surface area contributed by atoms with Gasteiger partial charge < -0.3 is 20.1 Å². The first-order chi connectivity index (χ1) is 14.0. The normalized spacial score (nSPS) is 10.1. The zero-order valence-electron chi connectivity index (χ0n) is 16.3. The Labute approximate surface area is 169 Å². The minimum Gasteiger partial charge on any atom is -0.497 e. The lowest BCUT2D eigenvalue weighted by molar-refractivity contribution is -0.115. The summed E-state index contributed by atoms with van der Waals surface area (Å²) in [6, 6.07) is 21.4. The van der Waals surface area contributed by atoms with E-state index in [-0.39, 0.29) is 18.4 Å². The van der Waals surface area contributed by atoms with E-state index in [2.05, 4.69) is 10.6 Å². The van der Waals surface area contributed by atoms with E-state index < -0.39 is 0 Å². The van der Waals surface area contributed by atoms with Crippen LogP contribution in [0, 0.1) is 6.92 Å². The van der Waals surface area contributed by atoms with Crippen LogP contribution in [0.15, 0.2) is 72.8 Å². The van der Waals surface area contributed by atoms with Crippen LogP contribution in [-0.2, 0) is 4.79 Å². The highest BCUT2D eigenvalue weighted by molar-refractivity contribution is 5.99. The first-order valence-electron chi connectivity index (χ1n) is 9.11. The number of hydrogen-bond donors (Lipinski definition) is 2. The van der Waals surface area contributed by atoms with Crippen molar-refractivity contribution < 1.29 is 19.1 Å². The number of hydrogen-bond acceptors (Lipinski definition) is 4. The molecule has 3 aromatic carbocycles. The number of aryl methyl sites for hydroxylation is 1. The molecule has 0 saturated heterocycles. The fourth-order valence-electron chi connectivity index (χ4n) is 2.66. The van der Waals surface area contributed by atoms with Crippen LogP contribution >= 0.6 is 0 Å². The Hall–Kier alpha value is -3.80. The summed E-state index contributed by atoms with van der Waals surface area (Å²) in [5.41, 5.74) is 2.05. The zero-order chi connectivity index (χ0) is 20.6. The van der Waals surface area contributed by atoms with Crippen molar-refractivity contribution in [1.82, 2.24) is 5.32 Å². The average Bonchev–Trinajstić information content (AvgIpc) is 2.73. The molecule has 0 bridgehead atoms. The van der Waals surface area contributed by atoms with E-state index in [1.165, 1.54) is 0 Å². The van der Waals surface area contributed by atoms with Crippen molar-refractivity contribution in [2.75, 3.05) is 19.0 Å². The standard InChI is InChI=1S/C23H22N2O4/c1-16-6-5-7-19(14-16)29-21-9-4-3-8-20(21)25-22(26)15-24-23(27)17-10-12-18(28-2)13-11-17/h3-14H,15H2,1-2H3,(H,24,27)(H,25,26). The topological polar surface area (TPSA) is 76.7 Å². The molecule has 0 radical (unpaired) electrons. The first kappa shape index (κ1) is 19.9. The SMILES string of the molecule is COc1ccc(C(=O)NCC(=O)Nc2ccccc2Oc2cccc(C)c2)cc1. The van der Waals surface area contributed by atoms with Crippen molar-refractivity contribution in [3.8, 4) is 17.2 Å². The monoisotopic (exact) mass is 390 g/mol. The molecule has 0 atom stereocenters. The molecule has 0 aliphatic rings. The summed E-state index contributed by atoms with van der Waals surface area (Å²) in [5, 5.41) is 5.37. The van der Waals surface area contributed by atoms with Crippen LogP contribution in [0.5, 0.6) is 17.2 Å². The predicted octanol–water partition coefficient (Wildman–Crippen LogP) is 4.16. The molecule has 2 N–H and O–H groups in total. The second kappa shape index (κ2) is 9.41. The van der Waals surface area contributed by atoms with Gasteiger partial charge in [-0.3, -0.25) is 9.59 Å². The fraction of sp³-hybridized carbons (Fsp3) is 0.130. The number of amides is 2. The molecule has 0 saturated carbocycles. The molecule has 0 spiro atoms. The van der Waals surface area contributed by atoms with Gasteiger partial charge in [-0.15, -0.1) is 0 Å². The summed E-state index contributed by atoms with van der Waals surface area (Å²) in [5.74, 6) is 1.16. The third-order valence-corrected chi connectivity index (χ3v) is 4.14. The highest BCUT2D eigenvalue weighted by Gasteiger charge is 2.11. The van der Waals surface area contributed by atoms with Crippen LogP contribution in [0.1, 0.15) is 15.9 Å². The van der Waals surface area contributed by atoms with Gasteiger partial charge in [0.15, 0.2) is 5.75 Å². The molecule has 6 heteroatoms. The van der Waals surface area contributed by atoms with Crippen molar-refractivity contribution in [3.63, 3.8) is 0 Å². The lowest BCUT2D eigenvalue weighted by Gasteiger charge is -2.13. The van der Waals surface area contributed by atoms with Gasteiger partial charge in [-0.25, -0.2) is 0 Å². The highest BCUT2D eigenvalue weighted by Crippen LogP contribution is 2.29. The first-order valence-corrected chi connectivity index (χ1v) is 9.11. The largest absolute Gasteiger partial charge is 0.497 e. The van der Waals surface area contributed by atoms with Gasteiger partial charge in [0.2, 0.25) is 5.91 Å². The number of nitrogens with one attached hydrogen (secondary N) is 2. The Morgan fingerprint density at radius 3 is 2.38 bits per heavy atom. The summed E-state index contributed by atoms with van der Waals surface area (Å²) in [7, 11) is 1.56. The number of rotatable bonds is 7. The van der Waals surface area contributed by atoms with Crippen molar-refractivity contribution in [2.45, 2.75) is 6.92 Å². The summed E-state index contributed by atoms with van der Waals surface area (Å²) < 4.78 is 11.0. The Balaban J connectivity index is 1.59. The molecule has 3 aromatic rings. The van der Waals surface area contributed by atoms with Gasteiger partial charge in [-0.05, 0) is 61.0 Å². The highest BCUT2D eigenvalue weighted by atomic mass is 16.5. The molecule has 0 unspecified atom stereocenters. The molecule has 0 heterocycles. The van der Waals surface area contributed by atoms with Gasteiger partial charge in [-0.1, -0.05) is 24.3 Å². The molecule has 0 aromatic heterocycles. The predicted molar refractivity (Wildman–Crippen MR) is 112 cm³/mol. The third kappa shape index (κ3) is 5.59. The van der Waals surface area contributed by atoms with E-state index >= 15 is 0 Å². The van der Waals surface area contributed by atoms with Gasteiger partial charge in [0.05, 0.1) is 19.3 Å². The summed E-state index contributed by atoms with van der Waals surface area (Å²) in [6.07, 6.45) is 0. The fourth-order valence-corrected chi connectivity index (χ4v) is 2.66. The van der Waals surface area contributed by atoms with Crippen LogP contribution in [0.4, 0.5) is 5.69 Å². The second-order valence-corrected chi connectivity index (χ2v) is 6.37. The maximum absolute atomic E-state index is 12.3. The number of para-hydroxylation sites is 2.